The number of esters is 1. The van der Waals surface area contributed by atoms with Crippen LogP contribution in [0.5, 0.6) is 5.75 Å². The van der Waals surface area contributed by atoms with E-state index in [-0.39, 0.29) is 12.6 Å². The zero-order chi connectivity index (χ0) is 21.5. The standard InChI is InChI=1S/C28H24O3/c1-21(29)30-19-20-31-28-10-6-5-9-27(28)26-17-15-25(16-18-26)24-13-11-23(12-14-24)22-7-3-2-4-8-22/h2-18H,19-20H2,1H3. The van der Waals surface area contributed by atoms with Crippen molar-refractivity contribution in [3.8, 4) is 39.1 Å². The van der Waals surface area contributed by atoms with E-state index >= 15 is 0 Å². The molecule has 0 saturated heterocycles. The van der Waals surface area contributed by atoms with Crippen LogP contribution >= 0.6 is 0 Å². The molecule has 4 rings (SSSR count). The maximum Gasteiger partial charge on any atom is 0.302 e. The molecule has 3 heteroatoms. The van der Waals surface area contributed by atoms with Gasteiger partial charge in [-0.2, -0.15) is 0 Å². The van der Waals surface area contributed by atoms with Gasteiger partial charge in [0, 0.05) is 12.5 Å². The van der Waals surface area contributed by atoms with Gasteiger partial charge >= 0.3 is 5.97 Å². The smallest absolute Gasteiger partial charge is 0.302 e. The molecule has 0 saturated carbocycles. The van der Waals surface area contributed by atoms with Crippen molar-refractivity contribution in [2.75, 3.05) is 13.2 Å². The Morgan fingerprint density at radius 2 is 1.06 bits per heavy atom. The molecule has 0 atom stereocenters. The number of carbonyl (C=O) groups is 1. The molecular weight excluding hydrogens is 384 g/mol. The van der Waals surface area contributed by atoms with Crippen molar-refractivity contribution in [3.63, 3.8) is 0 Å². The Morgan fingerprint density at radius 1 is 0.581 bits per heavy atom. The maximum atomic E-state index is 10.9. The first-order valence-electron chi connectivity index (χ1n) is 10.3. The second-order valence-corrected chi connectivity index (χ2v) is 7.21. The summed E-state index contributed by atoms with van der Waals surface area (Å²) in [5, 5.41) is 0. The Labute approximate surface area is 182 Å². The lowest BCUT2D eigenvalue weighted by molar-refractivity contribution is -0.141. The molecule has 0 aliphatic rings. The number of ether oxygens (including phenoxy) is 2. The summed E-state index contributed by atoms with van der Waals surface area (Å²) in [4.78, 5) is 10.9. The third kappa shape index (κ3) is 5.20. The SMILES string of the molecule is CC(=O)OCCOc1ccccc1-c1ccc(-c2ccc(-c3ccccc3)cc2)cc1. The zero-order valence-corrected chi connectivity index (χ0v) is 17.5. The first-order valence-corrected chi connectivity index (χ1v) is 10.3. The van der Waals surface area contributed by atoms with E-state index in [9.17, 15) is 4.79 Å². The minimum atomic E-state index is -0.302. The summed E-state index contributed by atoms with van der Waals surface area (Å²) >= 11 is 0. The summed E-state index contributed by atoms with van der Waals surface area (Å²) in [7, 11) is 0. The van der Waals surface area contributed by atoms with Crippen LogP contribution < -0.4 is 4.74 Å². The average Bonchev–Trinajstić information content (AvgIpc) is 2.83. The topological polar surface area (TPSA) is 35.5 Å². The Hall–Kier alpha value is -3.85. The minimum absolute atomic E-state index is 0.238. The maximum absolute atomic E-state index is 10.9. The quantitative estimate of drug-likeness (QED) is 0.254. The van der Waals surface area contributed by atoms with Crippen LogP contribution in [0.4, 0.5) is 0 Å². The lowest BCUT2D eigenvalue weighted by Crippen LogP contribution is -2.09. The Kier molecular flexibility index (Phi) is 6.44. The first kappa shape index (κ1) is 20.4. The van der Waals surface area contributed by atoms with Gasteiger partial charge in [-0.1, -0.05) is 97.1 Å². The first-order chi connectivity index (χ1) is 15.2. The van der Waals surface area contributed by atoms with E-state index in [0.717, 1.165) is 22.4 Å². The number of benzene rings is 4. The molecule has 0 unspecified atom stereocenters. The van der Waals surface area contributed by atoms with Crippen molar-refractivity contribution >= 4 is 5.97 Å². The van der Waals surface area contributed by atoms with Gasteiger partial charge in [-0.3, -0.25) is 4.79 Å². The summed E-state index contributed by atoms with van der Waals surface area (Å²) < 4.78 is 10.8. The van der Waals surface area contributed by atoms with Gasteiger partial charge in [-0.15, -0.1) is 0 Å². The molecule has 0 fully saturated rings. The van der Waals surface area contributed by atoms with Gasteiger partial charge in [0.2, 0.25) is 0 Å². The summed E-state index contributed by atoms with van der Waals surface area (Å²) in [6.07, 6.45) is 0. The molecule has 0 radical (unpaired) electrons. The number of carbonyl (C=O) groups excluding carboxylic acids is 1. The molecule has 0 aliphatic heterocycles. The summed E-state index contributed by atoms with van der Waals surface area (Å²) in [6, 6.07) is 35.4. The molecule has 0 bridgehead atoms. The summed E-state index contributed by atoms with van der Waals surface area (Å²) in [6.45, 7) is 1.95. The molecule has 31 heavy (non-hydrogen) atoms. The molecule has 4 aromatic rings. The number of rotatable bonds is 7. The minimum Gasteiger partial charge on any atom is -0.489 e. The van der Waals surface area contributed by atoms with Crippen LogP contribution in [0.25, 0.3) is 33.4 Å². The van der Waals surface area contributed by atoms with Crippen LogP contribution in [0, 0.1) is 0 Å². The third-order valence-electron chi connectivity index (χ3n) is 5.05. The fraction of sp³-hybridized carbons (Fsp3) is 0.107. The van der Waals surface area contributed by atoms with E-state index in [1.807, 2.05) is 30.3 Å². The van der Waals surface area contributed by atoms with E-state index < -0.39 is 0 Å². The van der Waals surface area contributed by atoms with E-state index in [4.69, 9.17) is 9.47 Å². The van der Waals surface area contributed by atoms with Gasteiger partial charge < -0.3 is 9.47 Å². The molecule has 3 nitrogen and oxygen atoms in total. The number of para-hydroxylation sites is 1. The van der Waals surface area contributed by atoms with Crippen LogP contribution in [0.15, 0.2) is 103 Å². The van der Waals surface area contributed by atoms with Crippen LogP contribution in [-0.4, -0.2) is 19.2 Å². The molecule has 0 N–H and O–H groups in total. The Morgan fingerprint density at radius 3 is 1.65 bits per heavy atom. The lowest BCUT2D eigenvalue weighted by atomic mass is 9.98. The zero-order valence-electron chi connectivity index (χ0n) is 17.5. The highest BCUT2D eigenvalue weighted by Gasteiger charge is 2.07. The van der Waals surface area contributed by atoms with Crippen molar-refractivity contribution < 1.29 is 14.3 Å². The Balaban J connectivity index is 1.49. The molecular formula is C28H24O3. The second-order valence-electron chi connectivity index (χ2n) is 7.21. The normalized spacial score (nSPS) is 10.5. The number of hydrogen-bond donors (Lipinski definition) is 0. The van der Waals surface area contributed by atoms with Gasteiger partial charge in [0.05, 0.1) is 0 Å². The van der Waals surface area contributed by atoms with E-state index in [1.165, 1.54) is 23.6 Å². The van der Waals surface area contributed by atoms with Crippen LogP contribution in [0.3, 0.4) is 0 Å². The molecule has 0 aliphatic carbocycles. The lowest BCUT2D eigenvalue weighted by Gasteiger charge is -2.12. The molecule has 4 aromatic carbocycles. The summed E-state index contributed by atoms with van der Waals surface area (Å²) in [5.74, 6) is 0.471. The monoisotopic (exact) mass is 408 g/mol. The molecule has 0 amide bonds. The Bertz CT molecular complexity index is 1130. The van der Waals surface area contributed by atoms with Crippen LogP contribution in [0.1, 0.15) is 6.92 Å². The van der Waals surface area contributed by atoms with E-state index in [0.29, 0.717) is 6.61 Å². The second kappa shape index (κ2) is 9.77. The highest BCUT2D eigenvalue weighted by molar-refractivity contribution is 5.75. The highest BCUT2D eigenvalue weighted by atomic mass is 16.6. The highest BCUT2D eigenvalue weighted by Crippen LogP contribution is 2.32. The predicted molar refractivity (Wildman–Crippen MR) is 125 cm³/mol. The van der Waals surface area contributed by atoms with Crippen molar-refractivity contribution in [2.24, 2.45) is 0 Å². The largest absolute Gasteiger partial charge is 0.489 e. The van der Waals surface area contributed by atoms with Crippen molar-refractivity contribution in [1.82, 2.24) is 0 Å². The van der Waals surface area contributed by atoms with Crippen molar-refractivity contribution in [2.45, 2.75) is 6.92 Å². The molecule has 0 spiro atoms. The third-order valence-corrected chi connectivity index (χ3v) is 5.05. The van der Waals surface area contributed by atoms with Crippen LogP contribution in [0.2, 0.25) is 0 Å². The molecule has 154 valence electrons. The summed E-state index contributed by atoms with van der Waals surface area (Å²) in [5.41, 5.74) is 6.85. The van der Waals surface area contributed by atoms with Gasteiger partial charge in [0.25, 0.3) is 0 Å². The fourth-order valence-corrected chi connectivity index (χ4v) is 3.50. The molecule has 0 heterocycles. The fourth-order valence-electron chi connectivity index (χ4n) is 3.50. The number of hydrogen-bond acceptors (Lipinski definition) is 3. The van der Waals surface area contributed by atoms with Crippen molar-refractivity contribution in [3.05, 3.63) is 103 Å². The van der Waals surface area contributed by atoms with Crippen molar-refractivity contribution in [1.29, 1.82) is 0 Å². The molecule has 0 aromatic heterocycles. The van der Waals surface area contributed by atoms with Crippen LogP contribution in [-0.2, 0) is 9.53 Å². The van der Waals surface area contributed by atoms with Gasteiger partial charge in [-0.05, 0) is 33.9 Å². The van der Waals surface area contributed by atoms with Gasteiger partial charge in [0.1, 0.15) is 19.0 Å². The van der Waals surface area contributed by atoms with E-state index in [1.54, 1.807) is 0 Å². The predicted octanol–water partition coefficient (Wildman–Crippen LogP) is 6.63. The van der Waals surface area contributed by atoms with Gasteiger partial charge in [0.15, 0.2) is 0 Å². The average molecular weight is 408 g/mol. The van der Waals surface area contributed by atoms with Gasteiger partial charge in [-0.25, -0.2) is 0 Å². The van der Waals surface area contributed by atoms with E-state index in [2.05, 4.69) is 72.8 Å².